The van der Waals surface area contributed by atoms with Crippen molar-refractivity contribution in [3.8, 4) is 0 Å². The van der Waals surface area contributed by atoms with Gasteiger partial charge in [-0.3, -0.25) is 4.90 Å². The number of β-amino-alcohol motifs (C(OH)–C–C–N with tert-alkyl or cyclic N) is 1. The lowest BCUT2D eigenvalue weighted by Crippen LogP contribution is -2.43. The lowest BCUT2D eigenvalue weighted by Gasteiger charge is -2.33. The van der Waals surface area contributed by atoms with Crippen molar-refractivity contribution in [1.29, 1.82) is 0 Å². The molecule has 13 heavy (non-hydrogen) atoms. The Bertz CT molecular complexity index is 217. The van der Waals surface area contributed by atoms with Crippen LogP contribution in [0, 0.1) is 0 Å². The number of nitrogens with zero attached hydrogens (tertiary/aromatic N) is 1. The Balaban J connectivity index is 2.69. The lowest BCUT2D eigenvalue weighted by atomic mass is 9.95. The summed E-state index contributed by atoms with van der Waals surface area (Å²) in [6.45, 7) is 14.0. The van der Waals surface area contributed by atoms with Gasteiger partial charge in [0.25, 0.3) is 0 Å². The highest BCUT2D eigenvalue weighted by Gasteiger charge is 2.40. The van der Waals surface area contributed by atoms with Crippen LogP contribution in [-0.4, -0.2) is 34.2 Å². The molecule has 2 nitrogen and oxygen atoms in total. The van der Waals surface area contributed by atoms with Gasteiger partial charge in [0.05, 0.1) is 5.60 Å². The molecule has 1 N–H and O–H groups in total. The summed E-state index contributed by atoms with van der Waals surface area (Å²) in [5.74, 6) is 0. The van der Waals surface area contributed by atoms with Crippen LogP contribution in [0.1, 0.15) is 34.1 Å². The van der Waals surface area contributed by atoms with E-state index in [2.05, 4.69) is 32.3 Å². The maximum atomic E-state index is 10.2. The van der Waals surface area contributed by atoms with Crippen LogP contribution in [0.15, 0.2) is 12.2 Å². The van der Waals surface area contributed by atoms with Gasteiger partial charge in [0.1, 0.15) is 0 Å². The normalized spacial score (nSPS) is 30.8. The van der Waals surface area contributed by atoms with Crippen molar-refractivity contribution < 1.29 is 5.11 Å². The first-order valence-corrected chi connectivity index (χ1v) is 4.89. The van der Waals surface area contributed by atoms with E-state index in [9.17, 15) is 5.11 Å². The van der Waals surface area contributed by atoms with Crippen LogP contribution in [-0.2, 0) is 0 Å². The molecule has 1 heterocycles. The van der Waals surface area contributed by atoms with E-state index in [-0.39, 0.29) is 5.54 Å². The largest absolute Gasteiger partial charge is 0.384 e. The molecule has 1 aliphatic heterocycles. The summed E-state index contributed by atoms with van der Waals surface area (Å²) in [5.41, 5.74) is 0.395. The summed E-state index contributed by atoms with van der Waals surface area (Å²) < 4.78 is 0. The van der Waals surface area contributed by atoms with Crippen molar-refractivity contribution in [2.75, 3.05) is 13.1 Å². The van der Waals surface area contributed by atoms with Crippen LogP contribution < -0.4 is 0 Å². The maximum Gasteiger partial charge on any atom is 0.0990 e. The lowest BCUT2D eigenvalue weighted by molar-refractivity contribution is 0.0678. The van der Waals surface area contributed by atoms with E-state index in [0.29, 0.717) is 0 Å². The zero-order chi connectivity index (χ0) is 10.3. The van der Waals surface area contributed by atoms with Crippen molar-refractivity contribution in [3.05, 3.63) is 12.2 Å². The molecule has 1 aliphatic rings. The van der Waals surface area contributed by atoms with Crippen LogP contribution in [0.4, 0.5) is 0 Å². The monoisotopic (exact) mass is 183 g/mol. The van der Waals surface area contributed by atoms with Crippen LogP contribution in [0.3, 0.4) is 0 Å². The highest BCUT2D eigenvalue weighted by atomic mass is 16.3. The highest BCUT2D eigenvalue weighted by Crippen LogP contribution is 2.31. The standard InChI is InChI=1S/C11H21NO/c1-9(2)11(13)6-7-12(8-11)10(3,4)5/h13H,1,6-8H2,2-5H3. The molecule has 0 aromatic heterocycles. The molecule has 76 valence electrons. The van der Waals surface area contributed by atoms with E-state index >= 15 is 0 Å². The maximum absolute atomic E-state index is 10.2. The predicted molar refractivity (Wildman–Crippen MR) is 55.7 cm³/mol. The quantitative estimate of drug-likeness (QED) is 0.627. The third-order valence-electron chi connectivity index (χ3n) is 2.99. The first-order valence-electron chi connectivity index (χ1n) is 4.89. The van der Waals surface area contributed by atoms with Crippen molar-refractivity contribution in [2.24, 2.45) is 0 Å². The predicted octanol–water partition coefficient (Wildman–Crippen LogP) is 1.80. The molecule has 0 spiro atoms. The molecule has 1 rings (SSSR count). The molecule has 1 fully saturated rings. The fraction of sp³-hybridized carbons (Fsp3) is 0.818. The van der Waals surface area contributed by atoms with Crippen LogP contribution >= 0.6 is 0 Å². The zero-order valence-electron chi connectivity index (χ0n) is 9.22. The van der Waals surface area contributed by atoms with Crippen molar-refractivity contribution in [2.45, 2.75) is 45.3 Å². The Labute approximate surface area is 81.2 Å². The number of aliphatic hydroxyl groups is 1. The van der Waals surface area contributed by atoms with E-state index in [1.807, 2.05) is 6.92 Å². The molecule has 0 aromatic carbocycles. The van der Waals surface area contributed by atoms with E-state index < -0.39 is 5.60 Å². The molecular formula is C11H21NO. The molecule has 2 heteroatoms. The third kappa shape index (κ3) is 2.12. The van der Waals surface area contributed by atoms with Gasteiger partial charge in [-0.1, -0.05) is 6.58 Å². The molecule has 0 aromatic rings. The fourth-order valence-corrected chi connectivity index (χ4v) is 1.71. The molecule has 1 unspecified atom stereocenters. The molecule has 0 amide bonds. The smallest absolute Gasteiger partial charge is 0.0990 e. The van der Waals surface area contributed by atoms with Crippen molar-refractivity contribution in [3.63, 3.8) is 0 Å². The first-order chi connectivity index (χ1) is 5.76. The Hall–Kier alpha value is -0.340. The third-order valence-corrected chi connectivity index (χ3v) is 2.99. The summed E-state index contributed by atoms with van der Waals surface area (Å²) in [6.07, 6.45) is 0.819. The van der Waals surface area contributed by atoms with Crippen molar-refractivity contribution in [1.82, 2.24) is 4.90 Å². The Morgan fingerprint density at radius 2 is 2.00 bits per heavy atom. The van der Waals surface area contributed by atoms with E-state index in [0.717, 1.165) is 25.1 Å². The van der Waals surface area contributed by atoms with Gasteiger partial charge in [0.15, 0.2) is 0 Å². The molecule has 0 radical (unpaired) electrons. The molecule has 1 saturated heterocycles. The first kappa shape index (κ1) is 10.7. The Morgan fingerprint density at radius 1 is 1.46 bits per heavy atom. The average molecular weight is 183 g/mol. The Morgan fingerprint density at radius 3 is 2.23 bits per heavy atom. The number of likely N-dealkylation sites (tertiary alicyclic amines) is 1. The Kier molecular flexibility index (Phi) is 2.56. The second-order valence-electron chi connectivity index (χ2n) is 5.15. The molecule has 0 aliphatic carbocycles. The summed E-state index contributed by atoms with van der Waals surface area (Å²) in [5, 5.41) is 10.2. The average Bonchev–Trinajstić information content (AvgIpc) is 2.31. The summed E-state index contributed by atoms with van der Waals surface area (Å²) in [4.78, 5) is 2.31. The molecular weight excluding hydrogens is 162 g/mol. The van der Waals surface area contributed by atoms with Crippen LogP contribution in [0.5, 0.6) is 0 Å². The second kappa shape index (κ2) is 3.10. The minimum absolute atomic E-state index is 0.153. The van der Waals surface area contributed by atoms with Crippen molar-refractivity contribution >= 4 is 0 Å². The summed E-state index contributed by atoms with van der Waals surface area (Å²) >= 11 is 0. The van der Waals surface area contributed by atoms with Gasteiger partial charge in [-0.25, -0.2) is 0 Å². The molecule has 0 bridgehead atoms. The van der Waals surface area contributed by atoms with Gasteiger partial charge in [0.2, 0.25) is 0 Å². The van der Waals surface area contributed by atoms with E-state index in [1.54, 1.807) is 0 Å². The van der Waals surface area contributed by atoms with Gasteiger partial charge >= 0.3 is 0 Å². The van der Waals surface area contributed by atoms with Gasteiger partial charge in [0, 0.05) is 18.6 Å². The number of hydrogen-bond acceptors (Lipinski definition) is 2. The minimum Gasteiger partial charge on any atom is -0.384 e. The van der Waals surface area contributed by atoms with Gasteiger partial charge in [-0.05, 0) is 39.7 Å². The van der Waals surface area contributed by atoms with Crippen LogP contribution in [0.25, 0.3) is 0 Å². The van der Waals surface area contributed by atoms with Gasteiger partial charge in [-0.15, -0.1) is 0 Å². The SMILES string of the molecule is C=C(C)C1(O)CCN(C(C)(C)C)C1. The highest BCUT2D eigenvalue weighted by molar-refractivity contribution is 5.14. The van der Waals surface area contributed by atoms with E-state index in [4.69, 9.17) is 0 Å². The second-order valence-corrected chi connectivity index (χ2v) is 5.15. The minimum atomic E-state index is -0.646. The van der Waals surface area contributed by atoms with Gasteiger partial charge in [-0.2, -0.15) is 0 Å². The topological polar surface area (TPSA) is 23.5 Å². The van der Waals surface area contributed by atoms with E-state index in [1.165, 1.54) is 0 Å². The number of hydrogen-bond donors (Lipinski definition) is 1. The fourth-order valence-electron chi connectivity index (χ4n) is 1.71. The summed E-state index contributed by atoms with van der Waals surface area (Å²) in [7, 11) is 0. The molecule has 1 atom stereocenters. The zero-order valence-corrected chi connectivity index (χ0v) is 9.22. The summed E-state index contributed by atoms with van der Waals surface area (Å²) in [6, 6.07) is 0. The number of rotatable bonds is 1. The molecule has 0 saturated carbocycles. The van der Waals surface area contributed by atoms with Crippen LogP contribution in [0.2, 0.25) is 0 Å². The van der Waals surface area contributed by atoms with Gasteiger partial charge < -0.3 is 5.11 Å².